The summed E-state index contributed by atoms with van der Waals surface area (Å²) in [6.07, 6.45) is 5.68. The van der Waals surface area contributed by atoms with Crippen LogP contribution in [0, 0.1) is 5.92 Å². The molecule has 178 valence electrons. The predicted octanol–water partition coefficient (Wildman–Crippen LogP) is 3.47. The Hall–Kier alpha value is -2.06. The molecule has 2 aliphatic heterocycles. The van der Waals surface area contributed by atoms with E-state index >= 15 is 0 Å². The van der Waals surface area contributed by atoms with Crippen molar-refractivity contribution in [3.05, 3.63) is 23.9 Å². The number of hydrogen-bond donors (Lipinski definition) is 1. The van der Waals surface area contributed by atoms with Crippen molar-refractivity contribution >= 4 is 30.3 Å². The van der Waals surface area contributed by atoms with Crippen LogP contribution in [-0.4, -0.2) is 71.5 Å². The molecule has 3 heterocycles. The van der Waals surface area contributed by atoms with Gasteiger partial charge in [-0.05, 0) is 64.0 Å². The topological polar surface area (TPSA) is 92.2 Å². The van der Waals surface area contributed by atoms with Crippen molar-refractivity contribution in [2.75, 3.05) is 37.7 Å². The van der Waals surface area contributed by atoms with Gasteiger partial charge in [0.05, 0.1) is 19.3 Å². The Labute approximate surface area is 195 Å². The number of hydrogen-bond acceptors (Lipinski definition) is 6. The smallest absolute Gasteiger partial charge is 0.410 e. The summed E-state index contributed by atoms with van der Waals surface area (Å²) in [4.78, 5) is 33.3. The van der Waals surface area contributed by atoms with E-state index in [2.05, 4.69) is 9.88 Å². The van der Waals surface area contributed by atoms with Crippen LogP contribution in [-0.2, 0) is 19.7 Å². The molecule has 1 aromatic rings. The van der Waals surface area contributed by atoms with E-state index in [0.29, 0.717) is 18.0 Å². The number of halogens is 1. The number of rotatable bonds is 6. The lowest BCUT2D eigenvalue weighted by Crippen LogP contribution is -2.53. The SMILES string of the molecule is CC(C)(C)OC(=O)N(CC1CC1)[C@@H]1CCCN(c2ccc(C3(C(=O)O)COC3)cn2)C1.Cl. The van der Waals surface area contributed by atoms with Crippen molar-refractivity contribution in [3.8, 4) is 0 Å². The molecule has 8 nitrogen and oxygen atoms in total. The van der Waals surface area contributed by atoms with E-state index < -0.39 is 17.0 Å². The lowest BCUT2D eigenvalue weighted by molar-refractivity contribution is -0.163. The average Bonchev–Trinajstić information content (AvgIpc) is 3.48. The maximum absolute atomic E-state index is 12.9. The molecule has 1 atom stereocenters. The molecule has 9 heteroatoms. The third kappa shape index (κ3) is 5.29. The van der Waals surface area contributed by atoms with Gasteiger partial charge in [-0.15, -0.1) is 12.4 Å². The van der Waals surface area contributed by atoms with Gasteiger partial charge in [-0.2, -0.15) is 0 Å². The van der Waals surface area contributed by atoms with Gasteiger partial charge >= 0.3 is 12.1 Å². The number of amides is 1. The van der Waals surface area contributed by atoms with Crippen molar-refractivity contribution < 1.29 is 24.2 Å². The van der Waals surface area contributed by atoms with Crippen LogP contribution in [0.2, 0.25) is 0 Å². The summed E-state index contributed by atoms with van der Waals surface area (Å²) in [5, 5.41) is 9.59. The zero-order valence-electron chi connectivity index (χ0n) is 19.1. The number of carboxylic acid groups (broad SMARTS) is 1. The monoisotopic (exact) mass is 467 g/mol. The van der Waals surface area contributed by atoms with Crippen LogP contribution in [0.4, 0.5) is 10.6 Å². The second-order valence-corrected chi connectivity index (χ2v) is 10.1. The Morgan fingerprint density at radius 1 is 1.28 bits per heavy atom. The summed E-state index contributed by atoms with van der Waals surface area (Å²) < 4.78 is 10.9. The Bertz CT molecular complexity index is 818. The molecule has 1 aromatic heterocycles. The van der Waals surface area contributed by atoms with E-state index in [0.717, 1.165) is 31.7 Å². The highest BCUT2D eigenvalue weighted by Gasteiger charge is 2.48. The van der Waals surface area contributed by atoms with Gasteiger partial charge in [0, 0.05) is 25.8 Å². The standard InChI is InChI=1S/C23H33N3O5.ClH/c1-22(2,3)31-21(29)26(12-16-6-7-16)18-5-4-10-25(13-18)19-9-8-17(11-24-19)23(20(27)28)14-30-15-23;/h8-9,11,16,18H,4-7,10,12-15H2,1-3H3,(H,27,28);1H/t18-;/m1./s1. The molecule has 3 fully saturated rings. The fourth-order valence-electron chi connectivity index (χ4n) is 4.27. The molecule has 2 saturated heterocycles. The summed E-state index contributed by atoms with van der Waals surface area (Å²) in [5.41, 5.74) is -0.823. The lowest BCUT2D eigenvalue weighted by atomic mass is 9.79. The van der Waals surface area contributed by atoms with Gasteiger partial charge in [0.2, 0.25) is 0 Å². The number of pyridine rings is 1. The van der Waals surface area contributed by atoms with Gasteiger partial charge in [0.1, 0.15) is 16.8 Å². The maximum atomic E-state index is 12.9. The zero-order chi connectivity index (χ0) is 22.2. The number of carbonyl (C=O) groups excluding carboxylic acids is 1. The quantitative estimate of drug-likeness (QED) is 0.684. The third-order valence-electron chi connectivity index (χ3n) is 6.35. The summed E-state index contributed by atoms with van der Waals surface area (Å²) >= 11 is 0. The van der Waals surface area contributed by atoms with Crippen molar-refractivity contribution in [3.63, 3.8) is 0 Å². The van der Waals surface area contributed by atoms with E-state index in [-0.39, 0.29) is 37.8 Å². The van der Waals surface area contributed by atoms with E-state index in [1.165, 1.54) is 12.8 Å². The third-order valence-corrected chi connectivity index (χ3v) is 6.35. The molecule has 0 bridgehead atoms. The van der Waals surface area contributed by atoms with Gasteiger partial charge in [0.25, 0.3) is 0 Å². The number of piperidine rings is 1. The summed E-state index contributed by atoms with van der Waals surface area (Å²) in [6.45, 7) is 8.37. The first-order valence-corrected chi connectivity index (χ1v) is 11.2. The molecule has 1 N–H and O–H groups in total. The Kier molecular flexibility index (Phi) is 7.25. The average molecular weight is 468 g/mol. The minimum atomic E-state index is -0.978. The van der Waals surface area contributed by atoms with Gasteiger partial charge in [-0.3, -0.25) is 4.79 Å². The van der Waals surface area contributed by atoms with Gasteiger partial charge in [-0.1, -0.05) is 6.07 Å². The highest BCUT2D eigenvalue weighted by Crippen LogP contribution is 2.34. The summed E-state index contributed by atoms with van der Waals surface area (Å²) in [6, 6.07) is 3.81. The highest BCUT2D eigenvalue weighted by atomic mass is 35.5. The fourth-order valence-corrected chi connectivity index (χ4v) is 4.27. The molecular weight excluding hydrogens is 434 g/mol. The van der Waals surface area contributed by atoms with Crippen molar-refractivity contribution in [2.45, 2.75) is 63.5 Å². The second kappa shape index (κ2) is 9.43. The number of nitrogens with zero attached hydrogens (tertiary/aromatic N) is 3. The highest BCUT2D eigenvalue weighted by molar-refractivity contribution is 5.85. The zero-order valence-corrected chi connectivity index (χ0v) is 19.9. The second-order valence-electron chi connectivity index (χ2n) is 10.1. The first-order valence-electron chi connectivity index (χ1n) is 11.2. The predicted molar refractivity (Wildman–Crippen MR) is 123 cm³/mol. The van der Waals surface area contributed by atoms with Crippen LogP contribution >= 0.6 is 12.4 Å². The van der Waals surface area contributed by atoms with E-state index in [9.17, 15) is 14.7 Å². The minimum Gasteiger partial charge on any atom is -0.480 e. The number of ether oxygens (including phenoxy) is 2. The molecule has 0 spiro atoms. The molecule has 1 amide bonds. The van der Waals surface area contributed by atoms with Crippen LogP contribution in [0.1, 0.15) is 52.0 Å². The number of anilines is 1. The van der Waals surface area contributed by atoms with Crippen LogP contribution < -0.4 is 4.90 Å². The normalized spacial score (nSPS) is 22.3. The molecule has 1 aliphatic carbocycles. The van der Waals surface area contributed by atoms with Crippen LogP contribution in [0.15, 0.2) is 18.3 Å². The number of aliphatic carboxylic acids is 1. The van der Waals surface area contributed by atoms with Crippen LogP contribution in [0.25, 0.3) is 0 Å². The molecular formula is C23H34ClN3O5. The first-order chi connectivity index (χ1) is 14.7. The summed E-state index contributed by atoms with van der Waals surface area (Å²) in [7, 11) is 0. The summed E-state index contributed by atoms with van der Waals surface area (Å²) in [5.74, 6) is 0.515. The van der Waals surface area contributed by atoms with Crippen molar-refractivity contribution in [1.82, 2.24) is 9.88 Å². The number of carbonyl (C=O) groups is 2. The van der Waals surface area contributed by atoms with Crippen LogP contribution in [0.3, 0.4) is 0 Å². The minimum absolute atomic E-state index is 0. The fraction of sp³-hybridized carbons (Fsp3) is 0.696. The molecule has 32 heavy (non-hydrogen) atoms. The van der Waals surface area contributed by atoms with E-state index in [4.69, 9.17) is 9.47 Å². The Morgan fingerprint density at radius 3 is 2.50 bits per heavy atom. The van der Waals surface area contributed by atoms with E-state index in [1.54, 1.807) is 6.20 Å². The van der Waals surface area contributed by atoms with Crippen molar-refractivity contribution in [2.24, 2.45) is 5.92 Å². The van der Waals surface area contributed by atoms with Crippen LogP contribution in [0.5, 0.6) is 0 Å². The number of carboxylic acids is 1. The van der Waals surface area contributed by atoms with Gasteiger partial charge in [0.15, 0.2) is 0 Å². The van der Waals surface area contributed by atoms with Gasteiger partial charge < -0.3 is 24.4 Å². The molecule has 0 radical (unpaired) electrons. The largest absolute Gasteiger partial charge is 0.480 e. The van der Waals surface area contributed by atoms with Crippen molar-refractivity contribution in [1.29, 1.82) is 0 Å². The molecule has 0 aromatic carbocycles. The molecule has 0 unspecified atom stereocenters. The lowest BCUT2D eigenvalue weighted by Gasteiger charge is -2.41. The first kappa shape index (κ1) is 24.6. The maximum Gasteiger partial charge on any atom is 0.410 e. The Balaban J connectivity index is 0.00000289. The van der Waals surface area contributed by atoms with E-state index in [1.807, 2.05) is 37.8 Å². The molecule has 1 saturated carbocycles. The van der Waals surface area contributed by atoms with Gasteiger partial charge in [-0.25, -0.2) is 9.78 Å². The Morgan fingerprint density at radius 2 is 2.00 bits per heavy atom. The molecule has 3 aliphatic rings. The number of aromatic nitrogens is 1. The molecule has 4 rings (SSSR count).